The maximum Gasteiger partial charge on any atom is 0.272 e. The van der Waals surface area contributed by atoms with E-state index < -0.39 is 17.3 Å². The lowest BCUT2D eigenvalue weighted by Gasteiger charge is -2.16. The Labute approximate surface area is 194 Å². The summed E-state index contributed by atoms with van der Waals surface area (Å²) < 4.78 is 15.0. The van der Waals surface area contributed by atoms with Gasteiger partial charge in [-0.3, -0.25) is 9.59 Å². The third-order valence-corrected chi connectivity index (χ3v) is 6.23. The largest absolute Gasteiger partial charge is 0.344 e. The fourth-order valence-electron chi connectivity index (χ4n) is 3.55. The number of nitrogens with zero attached hydrogens (tertiary/aromatic N) is 2. The van der Waals surface area contributed by atoms with Crippen molar-refractivity contribution in [3.05, 3.63) is 105 Å². The van der Waals surface area contributed by atoms with Crippen LogP contribution in [-0.4, -0.2) is 22.7 Å². The van der Waals surface area contributed by atoms with Crippen LogP contribution >= 0.6 is 11.3 Å². The van der Waals surface area contributed by atoms with Gasteiger partial charge in [-0.05, 0) is 66.4 Å². The number of hydrogen-bond acceptors (Lipinski definition) is 5. The predicted octanol–water partition coefficient (Wildman–Crippen LogP) is 4.31. The molecular weight excluding hydrogens is 439 g/mol. The van der Waals surface area contributed by atoms with Gasteiger partial charge in [0.1, 0.15) is 17.2 Å². The fraction of sp³-hybridized carbons (Fsp3) is 0.160. The molecule has 0 saturated carbocycles. The van der Waals surface area contributed by atoms with E-state index in [1.165, 1.54) is 40.8 Å². The first-order valence-corrected chi connectivity index (χ1v) is 11.3. The molecule has 6 nitrogen and oxygen atoms in total. The Bertz CT molecular complexity index is 1350. The summed E-state index contributed by atoms with van der Waals surface area (Å²) in [6.07, 6.45) is 0. The molecule has 0 aliphatic rings. The standard InChI is InChI=1S/C25H23FN4O2S/c1-16(17-6-5-7-18(14-17)24-19(15-27-2)12-13-33-24)28-25(32)21-10-11-23(31)30(29-21)22-9-4-3-8-20(22)26/h3-14,16,27H,15H2,1-2H3,(H,28,32). The van der Waals surface area contributed by atoms with Crippen molar-refractivity contribution in [1.29, 1.82) is 0 Å². The van der Waals surface area contributed by atoms with Crippen LogP contribution in [0.5, 0.6) is 0 Å². The van der Waals surface area contributed by atoms with Crippen molar-refractivity contribution in [3.8, 4) is 16.1 Å². The van der Waals surface area contributed by atoms with Crippen LogP contribution in [0, 0.1) is 5.82 Å². The number of nitrogens with one attached hydrogen (secondary N) is 2. The summed E-state index contributed by atoms with van der Waals surface area (Å²) in [6, 6.07) is 18.2. The van der Waals surface area contributed by atoms with Crippen LogP contribution in [0.25, 0.3) is 16.1 Å². The molecule has 1 unspecified atom stereocenters. The number of aromatic nitrogens is 2. The normalized spacial score (nSPS) is 11.8. The number of carbonyl (C=O) groups excluding carboxylic acids is 1. The first kappa shape index (κ1) is 22.6. The van der Waals surface area contributed by atoms with Gasteiger partial charge in [-0.25, -0.2) is 4.39 Å². The number of thiophene rings is 1. The van der Waals surface area contributed by atoms with Gasteiger partial charge in [0.05, 0.1) is 6.04 Å². The lowest BCUT2D eigenvalue weighted by molar-refractivity contribution is 0.0933. The van der Waals surface area contributed by atoms with Gasteiger partial charge in [0.15, 0.2) is 0 Å². The van der Waals surface area contributed by atoms with Gasteiger partial charge in [-0.2, -0.15) is 9.78 Å². The minimum atomic E-state index is -0.596. The van der Waals surface area contributed by atoms with Crippen molar-refractivity contribution in [2.24, 2.45) is 0 Å². The highest BCUT2D eigenvalue weighted by Crippen LogP contribution is 2.31. The van der Waals surface area contributed by atoms with E-state index >= 15 is 0 Å². The second kappa shape index (κ2) is 9.89. The molecule has 0 fully saturated rings. The number of benzene rings is 2. The minimum absolute atomic E-state index is 0.00813. The molecule has 2 aromatic carbocycles. The monoisotopic (exact) mass is 462 g/mol. The lowest BCUT2D eigenvalue weighted by atomic mass is 10.0. The average Bonchev–Trinajstić information content (AvgIpc) is 3.28. The lowest BCUT2D eigenvalue weighted by Crippen LogP contribution is -2.31. The zero-order valence-electron chi connectivity index (χ0n) is 18.2. The van der Waals surface area contributed by atoms with Gasteiger partial charge >= 0.3 is 0 Å². The number of carbonyl (C=O) groups is 1. The van der Waals surface area contributed by atoms with E-state index in [0.717, 1.165) is 22.4 Å². The molecule has 4 aromatic rings. The molecule has 0 aliphatic carbocycles. The molecule has 8 heteroatoms. The van der Waals surface area contributed by atoms with E-state index in [1.54, 1.807) is 17.4 Å². The molecule has 0 bridgehead atoms. The topological polar surface area (TPSA) is 76.0 Å². The summed E-state index contributed by atoms with van der Waals surface area (Å²) in [6.45, 7) is 2.66. The summed E-state index contributed by atoms with van der Waals surface area (Å²) in [5.74, 6) is -1.05. The van der Waals surface area contributed by atoms with E-state index in [1.807, 2.05) is 26.1 Å². The van der Waals surface area contributed by atoms with E-state index in [2.05, 4.69) is 39.3 Å². The third-order valence-electron chi connectivity index (χ3n) is 5.22. The van der Waals surface area contributed by atoms with Crippen LogP contribution < -0.4 is 16.2 Å². The Balaban J connectivity index is 1.56. The zero-order valence-corrected chi connectivity index (χ0v) is 19.0. The van der Waals surface area contributed by atoms with Gasteiger partial charge in [0.2, 0.25) is 0 Å². The van der Waals surface area contributed by atoms with Crippen LogP contribution in [0.15, 0.2) is 76.9 Å². The molecule has 0 saturated heterocycles. The summed E-state index contributed by atoms with van der Waals surface area (Å²) in [5, 5.41) is 12.3. The molecule has 0 radical (unpaired) electrons. The van der Waals surface area contributed by atoms with Crippen LogP contribution in [0.2, 0.25) is 0 Å². The Morgan fingerprint density at radius 3 is 2.73 bits per heavy atom. The van der Waals surface area contributed by atoms with Crippen molar-refractivity contribution in [3.63, 3.8) is 0 Å². The highest BCUT2D eigenvalue weighted by atomic mass is 32.1. The van der Waals surface area contributed by atoms with Crippen LogP contribution in [0.3, 0.4) is 0 Å². The SMILES string of the molecule is CNCc1ccsc1-c1cccc(C(C)NC(=O)c2ccc(=O)n(-c3ccccc3F)n2)c1. The van der Waals surface area contributed by atoms with Gasteiger partial charge in [-0.15, -0.1) is 11.3 Å². The number of hydrogen-bond donors (Lipinski definition) is 2. The maximum absolute atomic E-state index is 14.1. The summed E-state index contributed by atoms with van der Waals surface area (Å²) in [7, 11) is 1.92. The Hall–Kier alpha value is -3.62. The highest BCUT2D eigenvalue weighted by molar-refractivity contribution is 7.13. The quantitative estimate of drug-likeness (QED) is 0.429. The number of rotatable bonds is 7. The summed E-state index contributed by atoms with van der Waals surface area (Å²) in [5.41, 5.74) is 2.73. The van der Waals surface area contributed by atoms with Crippen molar-refractivity contribution < 1.29 is 9.18 Å². The molecule has 0 aliphatic heterocycles. The van der Waals surface area contributed by atoms with Crippen molar-refractivity contribution >= 4 is 17.2 Å². The third kappa shape index (κ3) is 4.92. The first-order chi connectivity index (χ1) is 16.0. The van der Waals surface area contributed by atoms with Gasteiger partial charge < -0.3 is 10.6 Å². The van der Waals surface area contributed by atoms with E-state index in [4.69, 9.17) is 0 Å². The van der Waals surface area contributed by atoms with Crippen LogP contribution in [0.4, 0.5) is 4.39 Å². The molecule has 1 atom stereocenters. The Morgan fingerprint density at radius 1 is 1.12 bits per heavy atom. The Morgan fingerprint density at radius 2 is 1.94 bits per heavy atom. The minimum Gasteiger partial charge on any atom is -0.344 e. The molecule has 33 heavy (non-hydrogen) atoms. The van der Waals surface area contributed by atoms with Gasteiger partial charge in [0, 0.05) is 17.5 Å². The van der Waals surface area contributed by atoms with E-state index in [-0.39, 0.29) is 17.4 Å². The molecule has 0 spiro atoms. The second-order valence-corrected chi connectivity index (χ2v) is 8.46. The highest BCUT2D eigenvalue weighted by Gasteiger charge is 2.16. The average molecular weight is 463 g/mol. The Kier molecular flexibility index (Phi) is 6.76. The molecule has 1 amide bonds. The maximum atomic E-state index is 14.1. The fourth-order valence-corrected chi connectivity index (χ4v) is 4.47. The molecule has 168 valence electrons. The van der Waals surface area contributed by atoms with E-state index in [0.29, 0.717) is 0 Å². The van der Waals surface area contributed by atoms with Gasteiger partial charge in [-0.1, -0.05) is 30.3 Å². The van der Waals surface area contributed by atoms with Crippen molar-refractivity contribution in [2.45, 2.75) is 19.5 Å². The van der Waals surface area contributed by atoms with E-state index in [9.17, 15) is 14.0 Å². The second-order valence-electron chi connectivity index (χ2n) is 7.55. The number of halogens is 1. The molecular formula is C25H23FN4O2S. The molecule has 2 heterocycles. The summed E-state index contributed by atoms with van der Waals surface area (Å²) in [4.78, 5) is 26.3. The molecule has 2 N–H and O–H groups in total. The zero-order chi connectivity index (χ0) is 23.4. The predicted molar refractivity (Wildman–Crippen MR) is 128 cm³/mol. The first-order valence-electron chi connectivity index (χ1n) is 10.5. The number of para-hydroxylation sites is 1. The smallest absolute Gasteiger partial charge is 0.272 e. The summed E-state index contributed by atoms with van der Waals surface area (Å²) >= 11 is 1.68. The van der Waals surface area contributed by atoms with Crippen molar-refractivity contribution in [2.75, 3.05) is 7.05 Å². The number of amides is 1. The van der Waals surface area contributed by atoms with Crippen LogP contribution in [-0.2, 0) is 6.54 Å². The molecule has 4 rings (SSSR count). The van der Waals surface area contributed by atoms with Crippen molar-refractivity contribution in [1.82, 2.24) is 20.4 Å². The van der Waals surface area contributed by atoms with Crippen LogP contribution in [0.1, 0.15) is 34.6 Å². The van der Waals surface area contributed by atoms with Gasteiger partial charge in [0.25, 0.3) is 11.5 Å². The molecule has 2 aromatic heterocycles.